The summed E-state index contributed by atoms with van der Waals surface area (Å²) < 4.78 is 6.70. The van der Waals surface area contributed by atoms with E-state index in [2.05, 4.69) is 15.7 Å². The van der Waals surface area contributed by atoms with Gasteiger partial charge in [0, 0.05) is 6.54 Å². The molecular weight excluding hydrogens is 272 g/mol. The molecule has 0 aromatic carbocycles. The van der Waals surface area contributed by atoms with E-state index in [4.69, 9.17) is 4.42 Å². The fourth-order valence-electron chi connectivity index (χ4n) is 1.88. The zero-order valence-electron chi connectivity index (χ0n) is 12.0. The van der Waals surface area contributed by atoms with Crippen LogP contribution in [0.15, 0.2) is 28.9 Å². The first-order chi connectivity index (χ1) is 10.1. The molecule has 0 bridgehead atoms. The highest BCUT2D eigenvalue weighted by molar-refractivity contribution is 5.95. The van der Waals surface area contributed by atoms with E-state index in [0.717, 1.165) is 5.69 Å². The summed E-state index contributed by atoms with van der Waals surface area (Å²) in [4.78, 5) is 23.6. The highest BCUT2D eigenvalue weighted by Crippen LogP contribution is 2.03. The first kappa shape index (κ1) is 14.8. The summed E-state index contributed by atoms with van der Waals surface area (Å²) in [5.74, 6) is 0.0685. The lowest BCUT2D eigenvalue weighted by Crippen LogP contribution is -2.37. The first-order valence-corrected chi connectivity index (χ1v) is 6.72. The number of aromatic nitrogens is 2. The maximum Gasteiger partial charge on any atom is 0.269 e. The van der Waals surface area contributed by atoms with Crippen LogP contribution in [0.3, 0.4) is 0 Å². The van der Waals surface area contributed by atoms with Crippen molar-refractivity contribution in [1.29, 1.82) is 0 Å². The minimum atomic E-state index is -0.314. The molecule has 0 aliphatic rings. The predicted octanol–water partition coefficient (Wildman–Crippen LogP) is 0.851. The Morgan fingerprint density at radius 2 is 2.19 bits per heavy atom. The number of hydrogen-bond donors (Lipinski definition) is 2. The largest absolute Gasteiger partial charge is 0.467 e. The van der Waals surface area contributed by atoms with Crippen LogP contribution in [-0.2, 0) is 17.9 Å². The molecule has 0 saturated carbocycles. The van der Waals surface area contributed by atoms with E-state index in [1.54, 1.807) is 22.9 Å². The molecular formula is C14H18N4O3. The number of nitrogens with zero attached hydrogens (tertiary/aromatic N) is 2. The fraction of sp³-hybridized carbons (Fsp3) is 0.357. The number of amides is 2. The molecule has 7 heteroatoms. The topological polar surface area (TPSA) is 89.2 Å². The Morgan fingerprint density at radius 3 is 2.86 bits per heavy atom. The molecule has 2 N–H and O–H groups in total. The second kappa shape index (κ2) is 6.74. The minimum absolute atomic E-state index is 0.0898. The summed E-state index contributed by atoms with van der Waals surface area (Å²) in [6.07, 6.45) is 1.54. The van der Waals surface area contributed by atoms with Crippen molar-refractivity contribution in [3.63, 3.8) is 0 Å². The van der Waals surface area contributed by atoms with Crippen LogP contribution < -0.4 is 10.6 Å². The van der Waals surface area contributed by atoms with Gasteiger partial charge in [-0.3, -0.25) is 14.3 Å². The zero-order chi connectivity index (χ0) is 15.2. The minimum Gasteiger partial charge on any atom is -0.467 e. The lowest BCUT2D eigenvalue weighted by Gasteiger charge is -2.07. The smallest absolute Gasteiger partial charge is 0.269 e. The third-order valence-electron chi connectivity index (χ3n) is 2.88. The third-order valence-corrected chi connectivity index (χ3v) is 2.88. The molecule has 0 atom stereocenters. The standard InChI is InChI=1S/C14H18N4O3/c1-3-18-12(7-10(2)17-18)14(20)16-9-13(19)15-8-11-5-4-6-21-11/h4-7H,3,8-9H2,1-2H3,(H,15,19)(H,16,20). The van der Waals surface area contributed by atoms with Crippen molar-refractivity contribution in [3.05, 3.63) is 41.6 Å². The van der Waals surface area contributed by atoms with Gasteiger partial charge in [0.05, 0.1) is 25.0 Å². The molecule has 2 aromatic rings. The third kappa shape index (κ3) is 3.95. The van der Waals surface area contributed by atoms with Crippen LogP contribution in [0, 0.1) is 6.92 Å². The monoisotopic (exact) mass is 290 g/mol. The van der Waals surface area contributed by atoms with E-state index in [-0.39, 0.29) is 18.4 Å². The van der Waals surface area contributed by atoms with Crippen molar-refractivity contribution in [2.24, 2.45) is 0 Å². The lowest BCUT2D eigenvalue weighted by atomic mass is 10.3. The van der Waals surface area contributed by atoms with Crippen molar-refractivity contribution in [3.8, 4) is 0 Å². The summed E-state index contributed by atoms with van der Waals surface area (Å²) >= 11 is 0. The van der Waals surface area contributed by atoms with Crippen molar-refractivity contribution < 1.29 is 14.0 Å². The molecule has 0 unspecified atom stereocenters. The van der Waals surface area contributed by atoms with Crippen LogP contribution in [0.4, 0.5) is 0 Å². The summed E-state index contributed by atoms with van der Waals surface area (Å²) in [7, 11) is 0. The van der Waals surface area contributed by atoms with Crippen LogP contribution in [0.5, 0.6) is 0 Å². The lowest BCUT2D eigenvalue weighted by molar-refractivity contribution is -0.120. The van der Waals surface area contributed by atoms with Crippen molar-refractivity contribution in [2.45, 2.75) is 26.9 Å². The molecule has 7 nitrogen and oxygen atoms in total. The Hall–Kier alpha value is -2.57. The fourth-order valence-corrected chi connectivity index (χ4v) is 1.88. The van der Waals surface area contributed by atoms with E-state index in [1.165, 1.54) is 6.26 Å². The summed E-state index contributed by atoms with van der Waals surface area (Å²) in [5, 5.41) is 9.42. The summed E-state index contributed by atoms with van der Waals surface area (Å²) in [6.45, 7) is 4.53. The normalized spacial score (nSPS) is 10.4. The zero-order valence-corrected chi connectivity index (χ0v) is 12.0. The number of nitrogens with one attached hydrogen (secondary N) is 2. The second-order valence-corrected chi connectivity index (χ2v) is 4.53. The van der Waals surface area contributed by atoms with Gasteiger partial charge < -0.3 is 15.1 Å². The molecule has 2 amide bonds. The van der Waals surface area contributed by atoms with Crippen LogP contribution in [0.25, 0.3) is 0 Å². The molecule has 2 heterocycles. The Labute approximate surface area is 122 Å². The maximum absolute atomic E-state index is 12.0. The number of carbonyl (C=O) groups is 2. The van der Waals surface area contributed by atoms with Gasteiger partial charge in [-0.05, 0) is 32.0 Å². The van der Waals surface area contributed by atoms with Gasteiger partial charge in [0.1, 0.15) is 11.5 Å². The SMILES string of the molecule is CCn1nc(C)cc1C(=O)NCC(=O)NCc1ccco1. The van der Waals surface area contributed by atoms with Gasteiger partial charge in [-0.1, -0.05) is 0 Å². The Kier molecular flexibility index (Phi) is 4.76. The van der Waals surface area contributed by atoms with Gasteiger partial charge in [0.15, 0.2) is 0 Å². The van der Waals surface area contributed by atoms with E-state index in [9.17, 15) is 9.59 Å². The quantitative estimate of drug-likeness (QED) is 0.825. The van der Waals surface area contributed by atoms with Crippen LogP contribution in [0.1, 0.15) is 28.9 Å². The van der Waals surface area contributed by atoms with Crippen LogP contribution in [0.2, 0.25) is 0 Å². The molecule has 0 fully saturated rings. The molecule has 0 spiro atoms. The van der Waals surface area contributed by atoms with Crippen molar-refractivity contribution >= 4 is 11.8 Å². The van der Waals surface area contributed by atoms with E-state index in [1.807, 2.05) is 13.8 Å². The molecule has 0 aliphatic carbocycles. The van der Waals surface area contributed by atoms with Crippen LogP contribution in [-0.4, -0.2) is 28.1 Å². The average Bonchev–Trinajstić information content (AvgIpc) is 3.11. The average molecular weight is 290 g/mol. The summed E-state index contributed by atoms with van der Waals surface area (Å²) in [5.41, 5.74) is 1.22. The molecule has 2 aromatic heterocycles. The van der Waals surface area contributed by atoms with Crippen LogP contribution >= 0.6 is 0 Å². The second-order valence-electron chi connectivity index (χ2n) is 4.53. The molecule has 0 radical (unpaired) electrons. The van der Waals surface area contributed by atoms with Gasteiger partial charge >= 0.3 is 0 Å². The Morgan fingerprint density at radius 1 is 1.38 bits per heavy atom. The van der Waals surface area contributed by atoms with Gasteiger partial charge in [0.25, 0.3) is 5.91 Å². The van der Waals surface area contributed by atoms with Gasteiger partial charge in [-0.25, -0.2) is 0 Å². The number of furan rings is 1. The van der Waals surface area contributed by atoms with Gasteiger partial charge in [-0.2, -0.15) is 5.10 Å². The van der Waals surface area contributed by atoms with Gasteiger partial charge in [-0.15, -0.1) is 0 Å². The number of rotatable bonds is 6. The first-order valence-electron chi connectivity index (χ1n) is 6.72. The molecule has 0 saturated heterocycles. The van der Waals surface area contributed by atoms with Crippen molar-refractivity contribution in [1.82, 2.24) is 20.4 Å². The molecule has 0 aliphatic heterocycles. The predicted molar refractivity (Wildman–Crippen MR) is 75.5 cm³/mol. The highest BCUT2D eigenvalue weighted by Gasteiger charge is 2.14. The van der Waals surface area contributed by atoms with E-state index >= 15 is 0 Å². The number of hydrogen-bond acceptors (Lipinski definition) is 4. The maximum atomic E-state index is 12.0. The molecule has 112 valence electrons. The van der Waals surface area contributed by atoms with Crippen molar-refractivity contribution in [2.75, 3.05) is 6.54 Å². The molecule has 2 rings (SSSR count). The van der Waals surface area contributed by atoms with E-state index in [0.29, 0.717) is 24.5 Å². The highest BCUT2D eigenvalue weighted by atomic mass is 16.3. The summed E-state index contributed by atoms with van der Waals surface area (Å²) in [6, 6.07) is 5.21. The number of carbonyl (C=O) groups excluding carboxylic acids is 2. The van der Waals surface area contributed by atoms with Gasteiger partial charge in [0.2, 0.25) is 5.91 Å². The molecule has 21 heavy (non-hydrogen) atoms. The number of aryl methyl sites for hydroxylation is 2. The van der Waals surface area contributed by atoms with E-state index < -0.39 is 0 Å². The Balaban J connectivity index is 1.81. The Bertz CT molecular complexity index is 616.